The van der Waals surface area contributed by atoms with Gasteiger partial charge in [0.25, 0.3) is 0 Å². The molecular weight excluding hydrogens is 374 g/mol. The Morgan fingerprint density at radius 3 is 1.66 bits per heavy atom. The minimum Gasteiger partial charge on any atom is -0.375 e. The molecule has 1 fully saturated rings. The van der Waals surface area contributed by atoms with Crippen LogP contribution in [0, 0.1) is 11.6 Å². The highest BCUT2D eigenvalue weighted by Gasteiger charge is 2.32. The van der Waals surface area contributed by atoms with Gasteiger partial charge in [-0.1, -0.05) is 80.3 Å². The van der Waals surface area contributed by atoms with Crippen molar-refractivity contribution in [3.63, 3.8) is 0 Å². The summed E-state index contributed by atoms with van der Waals surface area (Å²) in [6.07, 6.45) is 2.21. The van der Waals surface area contributed by atoms with E-state index in [1.54, 1.807) is 0 Å². The van der Waals surface area contributed by atoms with Gasteiger partial charge >= 0.3 is 0 Å². The van der Waals surface area contributed by atoms with E-state index in [-0.39, 0.29) is 0 Å². The average Bonchev–Trinajstić information content (AvgIpc) is 3.09. The maximum absolute atomic E-state index is 6.05. The van der Waals surface area contributed by atoms with Crippen LogP contribution in [0.25, 0.3) is 0 Å². The van der Waals surface area contributed by atoms with Gasteiger partial charge in [-0.25, -0.2) is 0 Å². The van der Waals surface area contributed by atoms with E-state index in [0.717, 1.165) is 12.8 Å². The van der Waals surface area contributed by atoms with Crippen molar-refractivity contribution in [2.24, 2.45) is 0 Å². The van der Waals surface area contributed by atoms with Crippen LogP contribution in [-0.2, 0) is 22.7 Å². The first-order valence-corrected chi connectivity index (χ1v) is 14.1. The molecule has 2 aromatic carbocycles. The molecule has 0 aliphatic carbocycles. The maximum atomic E-state index is 6.05. The number of likely N-dealkylation sites (tertiary alicyclic amines) is 1. The fraction of sp³-hybridized carbons (Fsp3) is 0.440. The van der Waals surface area contributed by atoms with Crippen LogP contribution in [0.5, 0.6) is 0 Å². The first kappa shape index (κ1) is 21.6. The van der Waals surface area contributed by atoms with E-state index in [0.29, 0.717) is 38.5 Å². The smallest absolute Gasteiger partial charge is 0.131 e. The van der Waals surface area contributed by atoms with Crippen molar-refractivity contribution in [3.05, 3.63) is 71.8 Å². The predicted molar refractivity (Wildman–Crippen MR) is 122 cm³/mol. The highest BCUT2D eigenvalue weighted by atomic mass is 28.3. The third kappa shape index (κ3) is 7.36. The van der Waals surface area contributed by atoms with Crippen molar-refractivity contribution >= 4 is 8.07 Å². The van der Waals surface area contributed by atoms with Gasteiger partial charge in [-0.3, -0.25) is 0 Å². The second-order valence-electron chi connectivity index (χ2n) is 8.78. The van der Waals surface area contributed by atoms with E-state index in [9.17, 15) is 0 Å². The molecule has 3 nitrogen and oxygen atoms in total. The van der Waals surface area contributed by atoms with E-state index in [1.165, 1.54) is 11.1 Å². The van der Waals surface area contributed by atoms with Gasteiger partial charge in [-0.15, -0.1) is 5.54 Å². The Bertz CT molecular complexity index is 739. The second kappa shape index (κ2) is 10.6. The average molecular weight is 408 g/mol. The zero-order valence-corrected chi connectivity index (χ0v) is 18.9. The molecule has 29 heavy (non-hydrogen) atoms. The highest BCUT2D eigenvalue weighted by molar-refractivity contribution is 6.83. The maximum Gasteiger partial charge on any atom is 0.131 e. The Morgan fingerprint density at radius 1 is 0.793 bits per heavy atom. The molecule has 0 unspecified atom stereocenters. The van der Waals surface area contributed by atoms with E-state index >= 15 is 0 Å². The summed E-state index contributed by atoms with van der Waals surface area (Å²) < 4.78 is 12.1. The Balaban J connectivity index is 1.56. The molecule has 0 aromatic heterocycles. The number of benzene rings is 2. The van der Waals surface area contributed by atoms with Gasteiger partial charge in [-0.05, 0) is 24.0 Å². The topological polar surface area (TPSA) is 21.7 Å². The summed E-state index contributed by atoms with van der Waals surface area (Å²) in [5.74, 6) is 0. The van der Waals surface area contributed by atoms with Gasteiger partial charge in [0, 0.05) is 6.04 Å². The Labute approximate surface area is 177 Å². The van der Waals surface area contributed by atoms with Crippen molar-refractivity contribution < 1.29 is 9.47 Å². The van der Waals surface area contributed by atoms with Crippen molar-refractivity contribution in [2.45, 2.75) is 57.8 Å². The molecular formula is C25H33NO2Si. The molecule has 2 atom stereocenters. The van der Waals surface area contributed by atoms with Crippen molar-refractivity contribution in [2.75, 3.05) is 13.2 Å². The van der Waals surface area contributed by atoms with Crippen LogP contribution in [-0.4, -0.2) is 38.3 Å². The molecule has 4 heteroatoms. The standard InChI is InChI=1S/C25H33NO2Si/c1-29(2,3)17-16-26-24(20-27-18-22-10-6-4-7-11-22)14-15-25(26)21-28-19-23-12-8-5-9-13-23/h4-13,24-25H,14-15,18-21H2,1-3H3/t24-,25-/m1/s1. The normalized spacial score (nSPS) is 19.1. The molecule has 0 saturated carbocycles. The van der Waals surface area contributed by atoms with Crippen LogP contribution in [0.4, 0.5) is 0 Å². The largest absolute Gasteiger partial charge is 0.375 e. The minimum absolute atomic E-state index is 0.341. The third-order valence-electron chi connectivity index (χ3n) is 5.02. The SMILES string of the molecule is C[Si](C)(C)C#CN1[C@@H](COCc2ccccc2)CC[C@@H]1COCc1ccccc1. The lowest BCUT2D eigenvalue weighted by atomic mass is 10.2. The van der Waals surface area contributed by atoms with Gasteiger partial charge in [-0.2, -0.15) is 0 Å². The van der Waals surface area contributed by atoms with Gasteiger partial charge in [0.1, 0.15) is 8.07 Å². The quantitative estimate of drug-likeness (QED) is 0.449. The van der Waals surface area contributed by atoms with Crippen molar-refractivity contribution in [1.82, 2.24) is 4.90 Å². The zero-order chi connectivity index (χ0) is 20.5. The molecule has 1 heterocycles. The Morgan fingerprint density at radius 2 is 1.24 bits per heavy atom. The Kier molecular flexibility index (Phi) is 7.94. The van der Waals surface area contributed by atoms with E-state index < -0.39 is 8.07 Å². The summed E-state index contributed by atoms with van der Waals surface area (Å²) in [4.78, 5) is 2.33. The summed E-state index contributed by atoms with van der Waals surface area (Å²) in [7, 11) is -1.44. The molecule has 154 valence electrons. The number of hydrogen-bond donors (Lipinski definition) is 0. The summed E-state index contributed by atoms with van der Waals surface area (Å²) in [5, 5.41) is 0. The van der Waals surface area contributed by atoms with Crippen LogP contribution in [0.3, 0.4) is 0 Å². The molecule has 0 spiro atoms. The van der Waals surface area contributed by atoms with E-state index in [1.807, 2.05) is 12.1 Å². The lowest BCUT2D eigenvalue weighted by Crippen LogP contribution is -2.38. The molecule has 3 rings (SSSR count). The molecule has 0 bridgehead atoms. The zero-order valence-electron chi connectivity index (χ0n) is 17.9. The summed E-state index contributed by atoms with van der Waals surface area (Å²) in [6, 6.07) is 24.9. The molecule has 0 amide bonds. The van der Waals surface area contributed by atoms with Gasteiger partial charge in [0.05, 0.1) is 38.5 Å². The summed E-state index contributed by atoms with van der Waals surface area (Å²) in [6.45, 7) is 9.60. The first-order valence-electron chi connectivity index (χ1n) is 10.6. The summed E-state index contributed by atoms with van der Waals surface area (Å²) in [5.41, 5.74) is 5.98. The molecule has 0 N–H and O–H groups in total. The third-order valence-corrected chi connectivity index (χ3v) is 5.89. The predicted octanol–water partition coefficient (Wildman–Crippen LogP) is 5.09. The lowest BCUT2D eigenvalue weighted by molar-refractivity contribution is 0.0494. The molecule has 0 radical (unpaired) electrons. The number of ether oxygens (including phenoxy) is 2. The highest BCUT2D eigenvalue weighted by Crippen LogP contribution is 2.25. The number of nitrogens with zero attached hydrogens (tertiary/aromatic N) is 1. The van der Waals surface area contributed by atoms with E-state index in [2.05, 4.69) is 84.7 Å². The first-order chi connectivity index (χ1) is 14.0. The molecule has 1 aliphatic heterocycles. The summed E-state index contributed by atoms with van der Waals surface area (Å²) >= 11 is 0. The molecule has 2 aromatic rings. The van der Waals surface area contributed by atoms with Crippen LogP contribution in [0.15, 0.2) is 60.7 Å². The van der Waals surface area contributed by atoms with Gasteiger partial charge in [0.15, 0.2) is 0 Å². The second-order valence-corrected chi connectivity index (χ2v) is 13.5. The fourth-order valence-corrected chi connectivity index (χ4v) is 3.94. The minimum atomic E-state index is -1.44. The van der Waals surface area contributed by atoms with Gasteiger partial charge < -0.3 is 14.4 Å². The number of rotatable bonds is 8. The van der Waals surface area contributed by atoms with E-state index in [4.69, 9.17) is 9.47 Å². The van der Waals surface area contributed by atoms with Crippen LogP contribution in [0.1, 0.15) is 24.0 Å². The monoisotopic (exact) mass is 407 g/mol. The van der Waals surface area contributed by atoms with Crippen LogP contribution < -0.4 is 0 Å². The van der Waals surface area contributed by atoms with Crippen LogP contribution >= 0.6 is 0 Å². The van der Waals surface area contributed by atoms with Crippen LogP contribution in [0.2, 0.25) is 19.6 Å². The van der Waals surface area contributed by atoms with Crippen molar-refractivity contribution in [1.29, 1.82) is 0 Å². The fourth-order valence-electron chi connectivity index (χ4n) is 3.48. The molecule has 1 saturated heterocycles. The number of hydrogen-bond acceptors (Lipinski definition) is 3. The Hall–Kier alpha value is -2.06. The van der Waals surface area contributed by atoms with Gasteiger partial charge in [0.2, 0.25) is 0 Å². The lowest BCUT2D eigenvalue weighted by Gasteiger charge is -2.27. The molecule has 1 aliphatic rings. The van der Waals surface area contributed by atoms with Crippen molar-refractivity contribution in [3.8, 4) is 11.6 Å².